The van der Waals surface area contributed by atoms with E-state index in [1.807, 2.05) is 122 Å². The van der Waals surface area contributed by atoms with Crippen molar-refractivity contribution in [2.75, 3.05) is 0 Å². The molecule has 0 amide bonds. The average Bonchev–Trinajstić information content (AvgIpc) is 1.08. The summed E-state index contributed by atoms with van der Waals surface area (Å²) in [4.78, 5) is 77.1. The maximum Gasteiger partial charge on any atom is 1.00 e. The smallest absolute Gasteiger partial charge is 1.00 e. The van der Waals surface area contributed by atoms with Crippen LogP contribution < -0.4 is 75.3 Å². The number of allylic oxidation sites excluding steroid dienone is 1. The van der Waals surface area contributed by atoms with E-state index in [4.69, 9.17) is 35.9 Å². The summed E-state index contributed by atoms with van der Waals surface area (Å²) in [5.74, 6) is 6.60. The van der Waals surface area contributed by atoms with Crippen molar-refractivity contribution in [3.8, 4) is 0 Å². The van der Waals surface area contributed by atoms with E-state index in [1.54, 1.807) is 93.2 Å². The van der Waals surface area contributed by atoms with Crippen molar-refractivity contribution in [2.45, 2.75) is 429 Å². The molecule has 10 fully saturated rings. The Morgan fingerprint density at radius 1 is 0.427 bits per heavy atom. The summed E-state index contributed by atoms with van der Waals surface area (Å²) in [5.41, 5.74) is 15.4. The second-order valence-electron chi connectivity index (χ2n) is 37.7. The summed E-state index contributed by atoms with van der Waals surface area (Å²) in [6.07, 6.45) is 78.3. The number of carboxylic acid groups (broad SMARTS) is 2. The fourth-order valence-corrected chi connectivity index (χ4v) is 23.4. The number of cyclic esters (lactones) is 3. The van der Waals surface area contributed by atoms with Crippen LogP contribution in [0.3, 0.4) is 0 Å². The topological polar surface area (TPSA) is 275 Å². The number of nitrogens with zero attached hydrogens (tertiary/aromatic N) is 3. The van der Waals surface area contributed by atoms with Gasteiger partial charge in [0.15, 0.2) is 0 Å². The molecule has 4 aromatic carbocycles. The van der Waals surface area contributed by atoms with Crippen LogP contribution in [0.1, 0.15) is 459 Å². The Balaban J connectivity index is 0.000000393. The summed E-state index contributed by atoms with van der Waals surface area (Å²) < 4.78 is 11.5. The number of aromatic amines is 1. The van der Waals surface area contributed by atoms with Crippen molar-refractivity contribution in [1.29, 1.82) is 11.1 Å². The van der Waals surface area contributed by atoms with E-state index in [1.165, 1.54) is 250 Å². The van der Waals surface area contributed by atoms with Gasteiger partial charge in [0.2, 0.25) is 0 Å². The van der Waals surface area contributed by atoms with E-state index in [-0.39, 0.29) is 77.6 Å². The van der Waals surface area contributed by atoms with Gasteiger partial charge in [-0.2, -0.15) is 10.2 Å². The van der Waals surface area contributed by atoms with Gasteiger partial charge in [-0.15, -0.1) is 0 Å². The molecule has 18 rings (SSSR count). The fraction of sp³-hybridized carbons (Fsp3) is 0.688. The number of esters is 3. The first-order valence-corrected chi connectivity index (χ1v) is 52.6. The minimum absolute atomic E-state index is 0. The Morgan fingerprint density at radius 2 is 0.733 bits per heavy atom. The SMILES string of the molecule is C1CCC(C2CCCCC2)CC1.CC.CC.CC.CC.CC(=O)[O-].CCC(C1CCCCC1)(C1CCCCC1)C1CCCCC1.N=N.O=C(O)CC1CCCCC1.O=C1OC(=CC2CCCCC2)c2ccccc21.O=C1OC(=O)c2ccccc21.O=c1[nH]nc(CC2CCCCC2)c2ccccc12.O=c1c2ccccc2c(CC2CCCCC2)nn1CCC1CCCCC1.[H-].[Na+].[Na+]. The number of aromatic nitrogens is 4. The predicted octanol–water partition coefficient (Wildman–Crippen LogP) is 24.2. The molecule has 2 aromatic heterocycles. The van der Waals surface area contributed by atoms with Gasteiger partial charge in [-0.05, 0) is 198 Å². The number of carbonyl (C=O) groups is 5. The molecule has 0 spiro atoms. The molecule has 2 aliphatic heterocycles. The monoisotopic (exact) mass is 1830 g/mol. The van der Waals surface area contributed by atoms with Crippen LogP contribution in [-0.4, -0.2) is 54.9 Å². The molecule has 0 bridgehead atoms. The van der Waals surface area contributed by atoms with Crippen LogP contribution >= 0.6 is 0 Å². The van der Waals surface area contributed by atoms with Crippen LogP contribution in [0.15, 0.2) is 113 Å². The van der Waals surface area contributed by atoms with Crippen molar-refractivity contribution in [3.05, 3.63) is 157 Å². The second kappa shape index (κ2) is 68.9. The number of H-pyrrole nitrogens is 1. The largest absolute Gasteiger partial charge is 1.00 e. The number of aryl methyl sites for hydroxylation is 1. The van der Waals surface area contributed by atoms with Crippen LogP contribution in [0.5, 0.6) is 0 Å². The fourth-order valence-electron chi connectivity index (χ4n) is 23.4. The first-order valence-electron chi connectivity index (χ1n) is 52.6. The molecular weight excluding hydrogens is 1650 g/mol. The van der Waals surface area contributed by atoms with Gasteiger partial charge in [-0.3, -0.25) is 14.4 Å². The number of aliphatic carboxylic acids is 2. The number of rotatable bonds is 15. The predicted molar refractivity (Wildman–Crippen MR) is 530 cm³/mol. The van der Waals surface area contributed by atoms with Crippen LogP contribution in [0.25, 0.3) is 27.3 Å². The molecule has 131 heavy (non-hydrogen) atoms. The van der Waals surface area contributed by atoms with Crippen LogP contribution in [0.2, 0.25) is 0 Å². The van der Waals surface area contributed by atoms with E-state index in [9.17, 15) is 28.8 Å². The molecule has 0 radical (unpaired) electrons. The van der Waals surface area contributed by atoms with Crippen molar-refractivity contribution in [1.82, 2.24) is 20.0 Å². The van der Waals surface area contributed by atoms with Gasteiger partial charge in [0.25, 0.3) is 11.1 Å². The molecule has 19 heteroatoms. The molecule has 10 aliphatic carbocycles. The Kier molecular flexibility index (Phi) is 61.8. The van der Waals surface area contributed by atoms with Gasteiger partial charge in [0, 0.05) is 35.3 Å². The number of benzene rings is 4. The zero-order chi connectivity index (χ0) is 93.4. The Hall–Kier alpha value is -5.95. The minimum atomic E-state index is -1.08. The third-order valence-corrected chi connectivity index (χ3v) is 29.7. The number of nitrogens with one attached hydrogen (secondary N) is 3. The van der Waals surface area contributed by atoms with Gasteiger partial charge >= 0.3 is 83.0 Å². The second-order valence-corrected chi connectivity index (χ2v) is 37.7. The van der Waals surface area contributed by atoms with Gasteiger partial charge in [0.1, 0.15) is 5.76 Å². The molecule has 12 aliphatic rings. The van der Waals surface area contributed by atoms with E-state index in [2.05, 4.69) is 34.0 Å². The molecule has 720 valence electrons. The third kappa shape index (κ3) is 39.2. The first-order chi connectivity index (χ1) is 63.1. The normalized spacial score (nSPS) is 19.6. The van der Waals surface area contributed by atoms with E-state index in [0.29, 0.717) is 34.9 Å². The quantitative estimate of drug-likeness (QED) is 0.0323. The number of fused-ring (bicyclic) bond motifs is 4. The summed E-state index contributed by atoms with van der Waals surface area (Å²) in [7, 11) is 0. The zero-order valence-corrected chi connectivity index (χ0v) is 88.1. The van der Waals surface area contributed by atoms with E-state index < -0.39 is 23.9 Å². The number of ether oxygens (including phenoxy) is 2. The van der Waals surface area contributed by atoms with E-state index in [0.717, 1.165) is 143 Å². The number of carboxylic acids is 2. The Labute approximate surface area is 836 Å². The summed E-state index contributed by atoms with van der Waals surface area (Å²) in [6, 6.07) is 30.0. The van der Waals surface area contributed by atoms with Gasteiger partial charge in [0.05, 0.1) is 38.9 Å². The van der Waals surface area contributed by atoms with Crippen molar-refractivity contribution in [3.63, 3.8) is 0 Å². The molecular formula is C112H174N6Na2O11. The minimum Gasteiger partial charge on any atom is -1.00 e. The molecule has 0 atom stereocenters. The summed E-state index contributed by atoms with van der Waals surface area (Å²) in [5, 5.41) is 32.8. The van der Waals surface area contributed by atoms with Crippen LogP contribution in [0.4, 0.5) is 0 Å². The number of hydrogen-bond donors (Lipinski definition) is 4. The molecule has 0 saturated heterocycles. The molecule has 6 aromatic rings. The standard InChI is InChI=1S/C23H32N2O.C21H38.C15H18N2O.C15H16O2.C12H22.C8H4O3.C8H14O2.C2H4O2.4C2H6.H2N2.2Na.H/c26-23-21-14-8-7-13-20(21)22(17-19-11-5-2-6-12-19)24-25(23)16-15-18-9-3-1-4-10-18;1-2-21(18-12-6-3-7-13-18,19-14-8-4-9-15-19)20-16-10-5-11-17-20;18-15-13-9-5-4-8-12(13)14(16-17-15)10-11-6-2-1-3-7-11;16-15-13-9-5-4-8-12(13)14(17-15)10-11-6-2-1-3-7-11;1-3-7-11(8-4-1)12-9-5-2-6-10-12;9-7-5-3-1-2-4-6(5)8(10)11-7;9-8(10)6-7-4-2-1-3-5-7;1-2(3)4;5*1-2;;;/h7-8,13-14,18-19H,1-6,9-12,15-17H2;18-20H,2-17H2,1H3;4-5,8-9,11H,1-3,6-7,10H2,(H,17,18);4-5,8-11H,1-3,6-7H2;11-12H,1-10H2;1-4H;7H,1-6H2,(H,9,10);1H3,(H,3,4);4*1-2H3;1-2H;;;/q;;;;;;;;;;;;;2*+1;-1/p-1. The molecule has 17 nitrogen and oxygen atoms in total. The van der Waals surface area contributed by atoms with Crippen molar-refractivity contribution < 1.29 is 104 Å². The Bertz CT molecular complexity index is 4180. The maximum absolute atomic E-state index is 12.9. The van der Waals surface area contributed by atoms with Crippen molar-refractivity contribution >= 4 is 57.2 Å². The molecule has 4 heterocycles. The third-order valence-electron chi connectivity index (χ3n) is 29.7. The number of carbonyl (C=O) groups excluding carboxylic acids is 4. The van der Waals surface area contributed by atoms with Crippen LogP contribution in [-0.2, 0) is 38.4 Å². The average molecular weight is 1830 g/mol. The molecule has 10 saturated carbocycles. The zero-order valence-electron chi connectivity index (χ0n) is 85.1. The molecule has 0 unspecified atom stereocenters. The molecule has 4 N–H and O–H groups in total. The van der Waals surface area contributed by atoms with Gasteiger partial charge < -0.3 is 25.9 Å². The summed E-state index contributed by atoms with van der Waals surface area (Å²) >= 11 is 0. The maximum atomic E-state index is 12.9. The van der Waals surface area contributed by atoms with Gasteiger partial charge in [-0.1, -0.05) is 386 Å². The Morgan fingerprint density at radius 3 is 1.12 bits per heavy atom. The number of hydrogen-bond acceptors (Lipinski definition) is 14. The van der Waals surface area contributed by atoms with Crippen molar-refractivity contribution in [2.24, 2.45) is 64.6 Å². The van der Waals surface area contributed by atoms with E-state index >= 15 is 0 Å². The first kappa shape index (κ1) is 117. The summed E-state index contributed by atoms with van der Waals surface area (Å²) in [6.45, 7) is 20.3. The van der Waals surface area contributed by atoms with Gasteiger partial charge in [-0.25, -0.2) is 35.2 Å². The van der Waals surface area contributed by atoms with Crippen LogP contribution in [0, 0.1) is 75.7 Å².